The molecule has 1 aromatic rings. The average molecular weight is 282 g/mol. The topological polar surface area (TPSA) is 52.4 Å². The van der Waals surface area contributed by atoms with Crippen LogP contribution in [0.25, 0.3) is 0 Å². The van der Waals surface area contributed by atoms with E-state index < -0.39 is 0 Å². The van der Waals surface area contributed by atoms with Crippen molar-refractivity contribution in [2.45, 2.75) is 51.4 Å². The lowest BCUT2D eigenvalue weighted by Gasteiger charge is -2.22. The molecule has 0 saturated carbocycles. The van der Waals surface area contributed by atoms with E-state index >= 15 is 0 Å². The van der Waals surface area contributed by atoms with Gasteiger partial charge >= 0.3 is 0 Å². The predicted octanol–water partition coefficient (Wildman–Crippen LogP) is 1.27. The summed E-state index contributed by atoms with van der Waals surface area (Å²) in [7, 11) is 3.52. The van der Waals surface area contributed by atoms with Gasteiger partial charge in [0.1, 0.15) is 0 Å². The second-order valence-corrected chi connectivity index (χ2v) is 6.46. The first-order valence-electron chi connectivity index (χ1n) is 7.11. The molecule has 2 atom stereocenters. The summed E-state index contributed by atoms with van der Waals surface area (Å²) in [6.45, 7) is 8.81. The van der Waals surface area contributed by atoms with Crippen molar-refractivity contribution in [3.8, 4) is 0 Å². The Kier molecular flexibility index (Phi) is 4.78. The Morgan fingerprint density at radius 1 is 1.35 bits per heavy atom. The summed E-state index contributed by atoms with van der Waals surface area (Å²) in [5.41, 5.74) is 0.967. The molecular weight excluding hydrogens is 256 g/mol. The van der Waals surface area contributed by atoms with Gasteiger partial charge < -0.3 is 9.47 Å². The maximum Gasteiger partial charge on any atom is 0.0967 e. The van der Waals surface area contributed by atoms with Crippen LogP contribution in [0.2, 0.25) is 0 Å². The van der Waals surface area contributed by atoms with Crippen LogP contribution in [0, 0.1) is 0 Å². The predicted molar refractivity (Wildman–Crippen MR) is 76.5 cm³/mol. The van der Waals surface area contributed by atoms with Crippen LogP contribution in [-0.2, 0) is 21.6 Å². The molecular formula is C14H26N4O2. The summed E-state index contributed by atoms with van der Waals surface area (Å²) < 4.78 is 12.7. The number of hydrogen-bond acceptors (Lipinski definition) is 5. The average Bonchev–Trinajstić information content (AvgIpc) is 2.97. The van der Waals surface area contributed by atoms with Crippen molar-refractivity contribution in [2.24, 2.45) is 0 Å². The first-order valence-corrected chi connectivity index (χ1v) is 7.11. The summed E-state index contributed by atoms with van der Waals surface area (Å²) >= 11 is 0. The van der Waals surface area contributed by atoms with Crippen LogP contribution in [0.3, 0.4) is 0 Å². The SMILES string of the molecule is COC[C@@H]1C[C@H](OC)CN1Cc1cn(C(C)(C)C)nn1. The number of aromatic nitrogens is 3. The first kappa shape index (κ1) is 15.4. The lowest BCUT2D eigenvalue weighted by atomic mass is 10.1. The van der Waals surface area contributed by atoms with Crippen molar-refractivity contribution in [3.05, 3.63) is 11.9 Å². The van der Waals surface area contributed by atoms with Crippen LogP contribution in [0.15, 0.2) is 6.20 Å². The minimum Gasteiger partial charge on any atom is -0.383 e. The molecule has 6 nitrogen and oxygen atoms in total. The maximum atomic E-state index is 5.48. The molecule has 0 spiro atoms. The minimum absolute atomic E-state index is 0.0305. The van der Waals surface area contributed by atoms with E-state index in [9.17, 15) is 0 Å². The van der Waals surface area contributed by atoms with Gasteiger partial charge in [-0.3, -0.25) is 4.90 Å². The van der Waals surface area contributed by atoms with Crippen molar-refractivity contribution in [1.29, 1.82) is 0 Å². The Hall–Kier alpha value is -0.980. The van der Waals surface area contributed by atoms with Gasteiger partial charge in [0.2, 0.25) is 0 Å². The molecule has 2 rings (SSSR count). The van der Waals surface area contributed by atoms with Crippen LogP contribution in [-0.4, -0.2) is 59.4 Å². The van der Waals surface area contributed by atoms with E-state index in [1.807, 2.05) is 10.9 Å². The van der Waals surface area contributed by atoms with E-state index in [1.165, 1.54) is 0 Å². The van der Waals surface area contributed by atoms with Gasteiger partial charge in [-0.25, -0.2) is 4.68 Å². The molecule has 1 saturated heterocycles. The van der Waals surface area contributed by atoms with Crippen LogP contribution in [0.1, 0.15) is 32.9 Å². The van der Waals surface area contributed by atoms with Crippen molar-refractivity contribution < 1.29 is 9.47 Å². The summed E-state index contributed by atoms with van der Waals surface area (Å²) in [4.78, 5) is 2.37. The number of likely N-dealkylation sites (tertiary alicyclic amines) is 1. The fraction of sp³-hybridized carbons (Fsp3) is 0.857. The first-order chi connectivity index (χ1) is 9.44. The van der Waals surface area contributed by atoms with Gasteiger partial charge in [0, 0.05) is 33.4 Å². The number of rotatable bonds is 5. The highest BCUT2D eigenvalue weighted by atomic mass is 16.5. The van der Waals surface area contributed by atoms with Crippen molar-refractivity contribution >= 4 is 0 Å². The van der Waals surface area contributed by atoms with Gasteiger partial charge in [0.15, 0.2) is 0 Å². The monoisotopic (exact) mass is 282 g/mol. The molecule has 2 heterocycles. The molecule has 20 heavy (non-hydrogen) atoms. The van der Waals surface area contributed by atoms with Crippen molar-refractivity contribution in [3.63, 3.8) is 0 Å². The lowest BCUT2D eigenvalue weighted by Crippen LogP contribution is -2.32. The zero-order chi connectivity index (χ0) is 14.8. The Morgan fingerprint density at radius 2 is 2.10 bits per heavy atom. The van der Waals surface area contributed by atoms with Crippen LogP contribution in [0.5, 0.6) is 0 Å². The molecule has 1 aliphatic heterocycles. The van der Waals surface area contributed by atoms with Crippen LogP contribution < -0.4 is 0 Å². The summed E-state index contributed by atoms with van der Waals surface area (Å²) in [6, 6.07) is 0.393. The number of methoxy groups -OCH3 is 2. The second kappa shape index (κ2) is 6.20. The molecule has 0 unspecified atom stereocenters. The lowest BCUT2D eigenvalue weighted by molar-refractivity contribution is 0.105. The van der Waals surface area contributed by atoms with Crippen LogP contribution >= 0.6 is 0 Å². The standard InChI is InChI=1S/C14H26N4O2/c1-14(2,3)18-8-11(15-16-18)7-17-9-13(20-5)6-12(17)10-19-4/h8,12-13H,6-7,9-10H2,1-5H3/t12-,13-/m0/s1. The molecule has 0 aromatic carbocycles. The molecule has 0 N–H and O–H groups in total. The molecule has 1 fully saturated rings. The van der Waals surface area contributed by atoms with Gasteiger partial charge in [-0.1, -0.05) is 5.21 Å². The summed E-state index contributed by atoms with van der Waals surface area (Å²) in [6.07, 6.45) is 3.33. The van der Waals surface area contributed by atoms with Gasteiger partial charge in [0.25, 0.3) is 0 Å². The highest BCUT2D eigenvalue weighted by Crippen LogP contribution is 2.22. The second-order valence-electron chi connectivity index (χ2n) is 6.46. The molecule has 0 amide bonds. The highest BCUT2D eigenvalue weighted by Gasteiger charge is 2.32. The zero-order valence-corrected chi connectivity index (χ0v) is 13.2. The summed E-state index contributed by atoms with van der Waals surface area (Å²) in [5.74, 6) is 0. The van der Waals surface area contributed by atoms with Gasteiger partial charge in [0.05, 0.1) is 30.1 Å². The maximum absolute atomic E-state index is 5.48. The minimum atomic E-state index is -0.0305. The molecule has 0 bridgehead atoms. The molecule has 6 heteroatoms. The Morgan fingerprint density at radius 3 is 2.65 bits per heavy atom. The van der Waals surface area contributed by atoms with E-state index in [0.29, 0.717) is 6.04 Å². The number of nitrogens with zero attached hydrogens (tertiary/aromatic N) is 4. The summed E-state index contributed by atoms with van der Waals surface area (Å²) in [5, 5.41) is 8.50. The molecule has 114 valence electrons. The molecule has 1 aromatic heterocycles. The van der Waals surface area contributed by atoms with E-state index in [2.05, 4.69) is 36.0 Å². The molecule has 0 radical (unpaired) electrons. The number of hydrogen-bond donors (Lipinski definition) is 0. The molecule has 0 aliphatic carbocycles. The Balaban J connectivity index is 2.02. The Bertz CT molecular complexity index is 427. The van der Waals surface area contributed by atoms with Crippen LogP contribution in [0.4, 0.5) is 0 Å². The third-order valence-corrected chi connectivity index (χ3v) is 3.78. The Labute approximate surface area is 121 Å². The fourth-order valence-corrected chi connectivity index (χ4v) is 2.57. The van der Waals surface area contributed by atoms with Gasteiger partial charge in [-0.15, -0.1) is 5.10 Å². The largest absolute Gasteiger partial charge is 0.383 e. The zero-order valence-electron chi connectivity index (χ0n) is 13.2. The normalized spacial score (nSPS) is 24.4. The van der Waals surface area contributed by atoms with Crippen molar-refractivity contribution in [2.75, 3.05) is 27.4 Å². The quantitative estimate of drug-likeness (QED) is 0.814. The molecule has 1 aliphatic rings. The van der Waals surface area contributed by atoms with E-state index in [0.717, 1.165) is 31.8 Å². The van der Waals surface area contributed by atoms with Gasteiger partial charge in [-0.2, -0.15) is 0 Å². The van der Waals surface area contributed by atoms with Gasteiger partial charge in [-0.05, 0) is 27.2 Å². The van der Waals surface area contributed by atoms with E-state index in [-0.39, 0.29) is 11.6 Å². The number of ether oxygens (including phenoxy) is 2. The van der Waals surface area contributed by atoms with E-state index in [1.54, 1.807) is 14.2 Å². The van der Waals surface area contributed by atoms with E-state index in [4.69, 9.17) is 9.47 Å². The fourth-order valence-electron chi connectivity index (χ4n) is 2.57. The highest BCUT2D eigenvalue weighted by molar-refractivity contribution is 4.98. The third kappa shape index (κ3) is 3.56. The smallest absolute Gasteiger partial charge is 0.0967 e. The van der Waals surface area contributed by atoms with Crippen molar-refractivity contribution in [1.82, 2.24) is 19.9 Å². The third-order valence-electron chi connectivity index (χ3n) is 3.78.